The van der Waals surface area contributed by atoms with Gasteiger partial charge in [-0.25, -0.2) is 9.69 Å². The number of hydrogen-bond donors (Lipinski definition) is 2. The Morgan fingerprint density at radius 3 is 2.74 bits per heavy atom. The fourth-order valence-electron chi connectivity index (χ4n) is 1.87. The highest BCUT2D eigenvalue weighted by atomic mass is 16.5. The lowest BCUT2D eigenvalue weighted by Crippen LogP contribution is -2.36. The van der Waals surface area contributed by atoms with E-state index in [0.717, 1.165) is 9.80 Å². The van der Waals surface area contributed by atoms with Crippen LogP contribution in [-0.2, 0) is 0 Å². The second-order valence-corrected chi connectivity index (χ2v) is 4.67. The Kier molecular flexibility index (Phi) is 3.59. The van der Waals surface area contributed by atoms with Crippen LogP contribution in [-0.4, -0.2) is 45.3 Å². The number of carbonyl (C=O) groups excluding carboxylic acids is 1. The Bertz CT molecular complexity index is 485. The van der Waals surface area contributed by atoms with E-state index in [1.54, 1.807) is 6.07 Å². The summed E-state index contributed by atoms with van der Waals surface area (Å²) >= 11 is 0. The fourth-order valence-corrected chi connectivity index (χ4v) is 1.87. The zero-order chi connectivity index (χ0) is 14.2. The van der Waals surface area contributed by atoms with Crippen molar-refractivity contribution in [1.29, 1.82) is 0 Å². The number of anilines is 1. The summed E-state index contributed by atoms with van der Waals surface area (Å²) < 4.78 is 5.06. The number of nitrogens with zero attached hydrogens (tertiary/aromatic N) is 3. The maximum absolute atomic E-state index is 12.1. The summed E-state index contributed by atoms with van der Waals surface area (Å²) in [6.45, 7) is 7.51. The van der Waals surface area contributed by atoms with Gasteiger partial charge in [0.2, 0.25) is 5.88 Å². The molecule has 2 N–H and O–H groups in total. The maximum Gasteiger partial charge on any atom is 0.331 e. The van der Waals surface area contributed by atoms with E-state index in [2.05, 4.69) is 11.7 Å². The second kappa shape index (κ2) is 5.02. The molecule has 0 aliphatic carbocycles. The van der Waals surface area contributed by atoms with Gasteiger partial charge in [-0.1, -0.05) is 25.1 Å². The van der Waals surface area contributed by atoms with E-state index in [9.17, 15) is 15.0 Å². The lowest BCUT2D eigenvalue weighted by molar-refractivity contribution is -0.0242. The molecular formula is C12H17N3O4. The number of aliphatic hydroxyl groups is 2. The molecule has 1 fully saturated rings. The molecule has 0 saturated carbocycles. The molecule has 19 heavy (non-hydrogen) atoms. The molecule has 1 aliphatic rings. The van der Waals surface area contributed by atoms with Crippen LogP contribution in [0.2, 0.25) is 0 Å². The zero-order valence-corrected chi connectivity index (χ0v) is 10.9. The van der Waals surface area contributed by atoms with E-state index in [1.807, 2.05) is 13.8 Å². The van der Waals surface area contributed by atoms with Crippen molar-refractivity contribution in [3.05, 3.63) is 24.4 Å². The summed E-state index contributed by atoms with van der Waals surface area (Å²) in [4.78, 5) is 14.2. The average molecular weight is 267 g/mol. The number of amides is 2. The summed E-state index contributed by atoms with van der Waals surface area (Å²) in [5.41, 5.74) is 0.673. The Morgan fingerprint density at radius 2 is 2.21 bits per heavy atom. The number of hydrogen-bond acceptors (Lipinski definition) is 5. The van der Waals surface area contributed by atoms with Crippen molar-refractivity contribution in [1.82, 2.24) is 10.1 Å². The minimum atomic E-state index is -1.39. The molecule has 2 unspecified atom stereocenters. The molecule has 2 atom stereocenters. The van der Waals surface area contributed by atoms with Crippen molar-refractivity contribution in [2.24, 2.45) is 0 Å². The Hall–Kier alpha value is -1.86. The van der Waals surface area contributed by atoms with Crippen molar-refractivity contribution >= 4 is 11.9 Å². The predicted molar refractivity (Wildman–Crippen MR) is 67.4 cm³/mol. The van der Waals surface area contributed by atoms with Gasteiger partial charge in [0, 0.05) is 12.6 Å². The van der Waals surface area contributed by atoms with Crippen molar-refractivity contribution in [2.75, 3.05) is 11.4 Å². The average Bonchev–Trinajstić information content (AvgIpc) is 2.90. The summed E-state index contributed by atoms with van der Waals surface area (Å²) in [6, 6.07) is 1.03. The van der Waals surface area contributed by atoms with Gasteiger partial charge in [0.15, 0.2) is 12.5 Å². The van der Waals surface area contributed by atoms with E-state index in [4.69, 9.17) is 4.52 Å². The Labute approximate surface area is 110 Å². The molecule has 2 heterocycles. The zero-order valence-electron chi connectivity index (χ0n) is 10.9. The number of rotatable bonds is 4. The minimum Gasteiger partial charge on any atom is -0.369 e. The van der Waals surface area contributed by atoms with Gasteiger partial charge in [-0.15, -0.1) is 6.58 Å². The molecule has 104 valence electrons. The van der Waals surface area contributed by atoms with Crippen molar-refractivity contribution < 1.29 is 19.5 Å². The van der Waals surface area contributed by atoms with Gasteiger partial charge in [0.1, 0.15) is 0 Å². The molecule has 1 saturated heterocycles. The first-order chi connectivity index (χ1) is 8.97. The quantitative estimate of drug-likeness (QED) is 0.790. The van der Waals surface area contributed by atoms with Gasteiger partial charge in [-0.3, -0.25) is 4.90 Å². The first-order valence-corrected chi connectivity index (χ1v) is 6.00. The second-order valence-electron chi connectivity index (χ2n) is 4.67. The lowest BCUT2D eigenvalue weighted by atomic mass is 10.1. The Morgan fingerprint density at radius 1 is 1.53 bits per heavy atom. The van der Waals surface area contributed by atoms with Crippen molar-refractivity contribution in [3.8, 4) is 0 Å². The number of urea groups is 1. The predicted octanol–water partition coefficient (Wildman–Crippen LogP) is 0.863. The highest BCUT2D eigenvalue weighted by Gasteiger charge is 2.46. The van der Waals surface area contributed by atoms with E-state index in [-0.39, 0.29) is 18.3 Å². The first-order valence-electron chi connectivity index (χ1n) is 6.00. The molecular weight excluding hydrogens is 250 g/mol. The van der Waals surface area contributed by atoms with E-state index in [0.29, 0.717) is 5.69 Å². The normalized spacial score (nSPS) is 23.5. The van der Waals surface area contributed by atoms with Crippen LogP contribution in [0.1, 0.15) is 25.5 Å². The van der Waals surface area contributed by atoms with Crippen LogP contribution in [0.15, 0.2) is 23.2 Å². The topological polar surface area (TPSA) is 90.0 Å². The van der Waals surface area contributed by atoms with Crippen LogP contribution in [0.4, 0.5) is 10.7 Å². The summed E-state index contributed by atoms with van der Waals surface area (Å²) in [5.74, 6) is 0.258. The molecule has 1 aliphatic heterocycles. The summed E-state index contributed by atoms with van der Waals surface area (Å²) in [7, 11) is 0. The molecule has 0 bridgehead atoms. The Balaban J connectivity index is 2.28. The smallest absolute Gasteiger partial charge is 0.331 e. The molecule has 7 heteroatoms. The van der Waals surface area contributed by atoms with Crippen LogP contribution in [0, 0.1) is 0 Å². The largest absolute Gasteiger partial charge is 0.369 e. The van der Waals surface area contributed by atoms with Gasteiger partial charge in [-0.05, 0) is 5.92 Å². The third-order valence-electron chi connectivity index (χ3n) is 2.97. The van der Waals surface area contributed by atoms with Crippen molar-refractivity contribution in [3.63, 3.8) is 0 Å². The third-order valence-corrected chi connectivity index (χ3v) is 2.97. The first kappa shape index (κ1) is 13.6. The molecule has 2 amide bonds. The number of aromatic nitrogens is 1. The summed E-state index contributed by atoms with van der Waals surface area (Å²) in [5, 5.41) is 23.6. The SMILES string of the molecule is C=CCN1C(=O)N(c2cc(C(C)C)no2)C(O)C1O. The van der Waals surface area contributed by atoms with Gasteiger partial charge >= 0.3 is 6.03 Å². The van der Waals surface area contributed by atoms with E-state index < -0.39 is 18.5 Å². The van der Waals surface area contributed by atoms with E-state index >= 15 is 0 Å². The van der Waals surface area contributed by atoms with Crippen LogP contribution in [0.3, 0.4) is 0 Å². The fraction of sp³-hybridized carbons (Fsp3) is 0.500. The van der Waals surface area contributed by atoms with Gasteiger partial charge in [0.25, 0.3) is 0 Å². The molecule has 2 rings (SSSR count). The van der Waals surface area contributed by atoms with Crippen LogP contribution >= 0.6 is 0 Å². The highest BCUT2D eigenvalue weighted by Crippen LogP contribution is 2.29. The third kappa shape index (κ3) is 2.22. The molecule has 0 radical (unpaired) electrons. The monoisotopic (exact) mass is 267 g/mol. The van der Waals surface area contributed by atoms with Crippen LogP contribution < -0.4 is 4.90 Å². The van der Waals surface area contributed by atoms with Gasteiger partial charge in [0.05, 0.1) is 5.69 Å². The number of carbonyl (C=O) groups is 1. The summed E-state index contributed by atoms with van der Waals surface area (Å²) in [6.07, 6.45) is -1.24. The van der Waals surface area contributed by atoms with Gasteiger partial charge < -0.3 is 14.7 Å². The van der Waals surface area contributed by atoms with Crippen LogP contribution in [0.5, 0.6) is 0 Å². The molecule has 7 nitrogen and oxygen atoms in total. The highest BCUT2D eigenvalue weighted by molar-refractivity contribution is 5.93. The van der Waals surface area contributed by atoms with Gasteiger partial charge in [-0.2, -0.15) is 0 Å². The molecule has 0 aromatic carbocycles. The van der Waals surface area contributed by atoms with Crippen molar-refractivity contribution in [2.45, 2.75) is 32.2 Å². The van der Waals surface area contributed by atoms with E-state index in [1.165, 1.54) is 6.08 Å². The molecule has 1 aromatic rings. The standard InChI is InChI=1S/C12H17N3O4/c1-4-5-14-10(16)11(17)15(12(14)18)9-6-8(7(2)3)13-19-9/h4,6-7,10-11,16-17H,1,5H2,2-3H3. The van der Waals surface area contributed by atoms with Crippen LogP contribution in [0.25, 0.3) is 0 Å². The lowest BCUT2D eigenvalue weighted by Gasteiger charge is -2.16. The maximum atomic E-state index is 12.1. The number of aliphatic hydroxyl groups excluding tert-OH is 2. The molecule has 0 spiro atoms. The minimum absolute atomic E-state index is 0.117. The molecule has 1 aromatic heterocycles.